The van der Waals surface area contributed by atoms with Crippen LogP contribution in [0.2, 0.25) is 10.0 Å². The molecule has 1 aliphatic carbocycles. The maximum atomic E-state index is 13.2. The fourth-order valence-electron chi connectivity index (χ4n) is 5.00. The maximum Gasteiger partial charge on any atom is 0.255 e. The number of imide groups is 1. The van der Waals surface area contributed by atoms with Crippen molar-refractivity contribution in [2.24, 2.45) is 11.8 Å². The average Bonchev–Trinajstić information content (AvgIpc) is 3.11. The molecule has 1 aliphatic heterocycles. The number of anilines is 2. The molecule has 0 spiro atoms. The minimum Gasteiger partial charge on any atom is -0.322 e. The van der Waals surface area contributed by atoms with Crippen LogP contribution in [0.5, 0.6) is 0 Å². The van der Waals surface area contributed by atoms with Gasteiger partial charge in [0.1, 0.15) is 0 Å². The minimum absolute atomic E-state index is 0.144. The zero-order valence-electron chi connectivity index (χ0n) is 18.2. The standard InChI is InChI=1S/C27H22Cl2N2O3/c28-23-13-9-19(15-24(23)29)30-25(32)17-6-10-20(11-7-17)31-26(33)21-12-8-18(14-22(21)27(31)34)16-4-2-1-3-5-16/h1-7,9-11,13,15,18,21-22H,8,12,14H2,(H,30,32)/t18-,21-,22-/m1/s1. The smallest absolute Gasteiger partial charge is 0.255 e. The summed E-state index contributed by atoms with van der Waals surface area (Å²) in [5.41, 5.74) is 2.63. The van der Waals surface area contributed by atoms with Crippen LogP contribution in [0.1, 0.15) is 41.1 Å². The zero-order valence-corrected chi connectivity index (χ0v) is 19.7. The molecule has 3 amide bonds. The number of nitrogens with one attached hydrogen (secondary N) is 1. The second-order valence-corrected chi connectivity index (χ2v) is 9.59. The fraction of sp³-hybridized carbons (Fsp3) is 0.222. The van der Waals surface area contributed by atoms with Crippen LogP contribution in [0.15, 0.2) is 72.8 Å². The summed E-state index contributed by atoms with van der Waals surface area (Å²) >= 11 is 11.9. The number of hydrogen-bond acceptors (Lipinski definition) is 3. The van der Waals surface area contributed by atoms with Crippen molar-refractivity contribution in [3.63, 3.8) is 0 Å². The average molecular weight is 493 g/mol. The van der Waals surface area contributed by atoms with Crippen LogP contribution in [-0.4, -0.2) is 17.7 Å². The summed E-state index contributed by atoms with van der Waals surface area (Å²) in [6.45, 7) is 0. The highest BCUT2D eigenvalue weighted by Gasteiger charge is 2.50. The van der Waals surface area contributed by atoms with Crippen LogP contribution < -0.4 is 10.2 Å². The highest BCUT2D eigenvalue weighted by molar-refractivity contribution is 6.42. The normalized spacial score (nSPS) is 21.9. The first-order chi connectivity index (χ1) is 16.4. The molecule has 0 unspecified atom stereocenters. The van der Waals surface area contributed by atoms with E-state index in [4.69, 9.17) is 23.2 Å². The van der Waals surface area contributed by atoms with Crippen molar-refractivity contribution < 1.29 is 14.4 Å². The van der Waals surface area contributed by atoms with Gasteiger partial charge in [0, 0.05) is 11.3 Å². The number of benzene rings is 3. The molecule has 1 saturated heterocycles. The molecule has 172 valence electrons. The monoisotopic (exact) mass is 492 g/mol. The van der Waals surface area contributed by atoms with Crippen molar-refractivity contribution in [2.75, 3.05) is 10.2 Å². The fourth-order valence-corrected chi connectivity index (χ4v) is 5.30. The Morgan fingerprint density at radius 3 is 2.24 bits per heavy atom. The van der Waals surface area contributed by atoms with Crippen molar-refractivity contribution in [1.29, 1.82) is 0 Å². The number of carbonyl (C=O) groups excluding carboxylic acids is 3. The third-order valence-corrected chi connectivity index (χ3v) is 7.50. The number of fused-ring (bicyclic) bond motifs is 1. The summed E-state index contributed by atoms with van der Waals surface area (Å²) in [6.07, 6.45) is 2.28. The summed E-state index contributed by atoms with van der Waals surface area (Å²) in [6, 6.07) is 21.5. The lowest BCUT2D eigenvalue weighted by Gasteiger charge is -2.28. The van der Waals surface area contributed by atoms with Crippen LogP contribution in [0.25, 0.3) is 0 Å². The summed E-state index contributed by atoms with van der Waals surface area (Å²) < 4.78 is 0. The van der Waals surface area contributed by atoms with Gasteiger partial charge in [-0.1, -0.05) is 53.5 Å². The Bertz CT molecular complexity index is 1260. The topological polar surface area (TPSA) is 66.5 Å². The molecular formula is C27H22Cl2N2O3. The van der Waals surface area contributed by atoms with Gasteiger partial charge in [0.05, 0.1) is 27.6 Å². The summed E-state index contributed by atoms with van der Waals surface area (Å²) in [4.78, 5) is 40.3. The number of amides is 3. The van der Waals surface area contributed by atoms with E-state index < -0.39 is 0 Å². The number of carbonyl (C=O) groups is 3. The Labute approximate surface area is 207 Å². The van der Waals surface area contributed by atoms with Gasteiger partial charge < -0.3 is 5.32 Å². The molecular weight excluding hydrogens is 471 g/mol. The molecule has 0 bridgehead atoms. The molecule has 0 radical (unpaired) electrons. The van der Waals surface area contributed by atoms with Crippen molar-refractivity contribution in [3.05, 3.63) is 94.0 Å². The number of hydrogen-bond donors (Lipinski definition) is 1. The molecule has 5 nitrogen and oxygen atoms in total. The van der Waals surface area contributed by atoms with E-state index >= 15 is 0 Å². The molecule has 0 aromatic heterocycles. The molecule has 3 atom stereocenters. The van der Waals surface area contributed by atoms with E-state index in [1.54, 1.807) is 42.5 Å². The molecule has 2 fully saturated rings. The Kier molecular flexibility index (Phi) is 6.15. The van der Waals surface area contributed by atoms with E-state index in [-0.39, 0.29) is 35.5 Å². The molecule has 1 saturated carbocycles. The van der Waals surface area contributed by atoms with E-state index in [0.717, 1.165) is 6.42 Å². The predicted octanol–water partition coefficient (Wildman–Crippen LogP) is 6.32. The molecule has 3 aromatic rings. The van der Waals surface area contributed by atoms with Crippen LogP contribution in [-0.2, 0) is 9.59 Å². The molecule has 7 heteroatoms. The maximum absolute atomic E-state index is 13.2. The summed E-state index contributed by atoms with van der Waals surface area (Å²) in [5.74, 6) is -0.915. The van der Waals surface area contributed by atoms with E-state index in [1.165, 1.54) is 10.5 Å². The van der Waals surface area contributed by atoms with Gasteiger partial charge in [-0.3, -0.25) is 19.3 Å². The predicted molar refractivity (Wildman–Crippen MR) is 133 cm³/mol. The summed E-state index contributed by atoms with van der Waals surface area (Å²) in [5, 5.41) is 3.51. The van der Waals surface area contributed by atoms with Gasteiger partial charge in [0.25, 0.3) is 5.91 Å². The lowest BCUT2D eigenvalue weighted by atomic mass is 9.73. The van der Waals surface area contributed by atoms with E-state index in [2.05, 4.69) is 17.4 Å². The highest BCUT2D eigenvalue weighted by Crippen LogP contribution is 2.45. The van der Waals surface area contributed by atoms with Crippen LogP contribution in [0.4, 0.5) is 11.4 Å². The van der Waals surface area contributed by atoms with Gasteiger partial charge in [-0.05, 0) is 73.2 Å². The molecule has 5 rings (SSSR count). The van der Waals surface area contributed by atoms with Gasteiger partial charge in [0.15, 0.2) is 0 Å². The SMILES string of the molecule is O=C(Nc1ccc(Cl)c(Cl)c1)c1ccc(N2C(=O)[C@@H]3CC[C@@H](c4ccccc4)C[C@H]3C2=O)cc1. The molecule has 3 aromatic carbocycles. The second-order valence-electron chi connectivity index (χ2n) is 8.78. The highest BCUT2D eigenvalue weighted by atomic mass is 35.5. The lowest BCUT2D eigenvalue weighted by molar-refractivity contribution is -0.122. The number of halogens is 2. The Morgan fingerprint density at radius 1 is 0.824 bits per heavy atom. The first-order valence-corrected chi connectivity index (χ1v) is 12.0. The Morgan fingerprint density at radius 2 is 1.53 bits per heavy atom. The van der Waals surface area contributed by atoms with E-state index in [9.17, 15) is 14.4 Å². The third-order valence-electron chi connectivity index (χ3n) is 6.76. The molecule has 1 N–H and O–H groups in total. The van der Waals surface area contributed by atoms with E-state index in [0.29, 0.717) is 39.8 Å². The van der Waals surface area contributed by atoms with Crippen molar-refractivity contribution >= 4 is 52.3 Å². The molecule has 34 heavy (non-hydrogen) atoms. The first-order valence-electron chi connectivity index (χ1n) is 11.2. The lowest BCUT2D eigenvalue weighted by Crippen LogP contribution is -2.30. The van der Waals surface area contributed by atoms with Gasteiger partial charge in [-0.15, -0.1) is 0 Å². The van der Waals surface area contributed by atoms with Gasteiger partial charge in [0.2, 0.25) is 11.8 Å². The van der Waals surface area contributed by atoms with Crippen LogP contribution >= 0.6 is 23.2 Å². The van der Waals surface area contributed by atoms with Gasteiger partial charge in [-0.2, -0.15) is 0 Å². The second kappa shape index (κ2) is 9.24. The quantitative estimate of drug-likeness (QED) is 0.433. The Hall–Kier alpha value is -3.15. The largest absolute Gasteiger partial charge is 0.322 e. The zero-order chi connectivity index (χ0) is 23.8. The molecule has 1 heterocycles. The van der Waals surface area contributed by atoms with Crippen LogP contribution in [0.3, 0.4) is 0 Å². The van der Waals surface area contributed by atoms with Gasteiger partial charge >= 0.3 is 0 Å². The number of rotatable bonds is 4. The molecule has 2 aliphatic rings. The summed E-state index contributed by atoms with van der Waals surface area (Å²) in [7, 11) is 0. The minimum atomic E-state index is -0.330. The van der Waals surface area contributed by atoms with Crippen molar-refractivity contribution in [2.45, 2.75) is 25.2 Å². The van der Waals surface area contributed by atoms with Crippen molar-refractivity contribution in [1.82, 2.24) is 0 Å². The number of nitrogens with zero attached hydrogens (tertiary/aromatic N) is 1. The van der Waals surface area contributed by atoms with Crippen molar-refractivity contribution in [3.8, 4) is 0 Å². The Balaban J connectivity index is 1.30. The van der Waals surface area contributed by atoms with Gasteiger partial charge in [-0.25, -0.2) is 0 Å². The van der Waals surface area contributed by atoms with Crippen LogP contribution in [0, 0.1) is 11.8 Å². The van der Waals surface area contributed by atoms with E-state index in [1.807, 2.05) is 18.2 Å². The first kappa shape index (κ1) is 22.6. The third kappa shape index (κ3) is 4.22.